The van der Waals surface area contributed by atoms with Crippen molar-refractivity contribution in [3.05, 3.63) is 58.9 Å². The van der Waals surface area contributed by atoms with E-state index in [9.17, 15) is 27.6 Å². The van der Waals surface area contributed by atoms with Crippen LogP contribution in [0.25, 0.3) is 0 Å². The molecule has 0 aliphatic rings. The number of carbonyl (C=O) groups excluding carboxylic acids is 3. The van der Waals surface area contributed by atoms with E-state index < -0.39 is 54.1 Å². The van der Waals surface area contributed by atoms with Crippen molar-refractivity contribution in [1.29, 1.82) is 0 Å². The summed E-state index contributed by atoms with van der Waals surface area (Å²) in [5, 5.41) is 4.75. The van der Waals surface area contributed by atoms with Gasteiger partial charge >= 0.3 is 5.97 Å². The number of hydrogen-bond acceptors (Lipinski definition) is 5. The molecule has 2 aromatic rings. The molecule has 11 heteroatoms. The van der Waals surface area contributed by atoms with Gasteiger partial charge in [-0.2, -0.15) is 0 Å². The molecule has 0 bridgehead atoms. The molecule has 2 N–H and O–H groups in total. The third-order valence-corrected chi connectivity index (χ3v) is 4.77. The number of carbonyl (C=O) groups is 3. The van der Waals surface area contributed by atoms with Gasteiger partial charge in [0.15, 0.2) is 24.1 Å². The zero-order valence-electron chi connectivity index (χ0n) is 15.3. The first-order valence-corrected chi connectivity index (χ1v) is 9.86. The zero-order valence-corrected chi connectivity index (χ0v) is 16.9. The molecule has 0 aliphatic heterocycles. The lowest BCUT2D eigenvalue weighted by Crippen LogP contribution is -2.35. The molecule has 2 rings (SSSR count). The van der Waals surface area contributed by atoms with Crippen molar-refractivity contribution in [3.8, 4) is 0 Å². The normalized spacial score (nSPS) is 10.4. The van der Waals surface area contributed by atoms with Crippen LogP contribution in [0.5, 0.6) is 0 Å². The lowest BCUT2D eigenvalue weighted by Gasteiger charge is -2.09. The summed E-state index contributed by atoms with van der Waals surface area (Å²) in [5.41, 5.74) is -0.572. The topological polar surface area (TPSA) is 84.5 Å². The molecule has 0 saturated heterocycles. The zero-order chi connectivity index (χ0) is 22.1. The Hall–Kier alpha value is -2.72. The molecular formula is C19H16ClF3N2O4S. The average molecular weight is 461 g/mol. The molecule has 30 heavy (non-hydrogen) atoms. The Balaban J connectivity index is 1.64. The highest BCUT2D eigenvalue weighted by atomic mass is 35.5. The van der Waals surface area contributed by atoms with Crippen molar-refractivity contribution < 1.29 is 32.3 Å². The lowest BCUT2D eigenvalue weighted by molar-refractivity contribution is -0.148. The van der Waals surface area contributed by atoms with E-state index in [4.69, 9.17) is 16.3 Å². The SMILES string of the molecule is O=C(COC(=O)CCSc1ccc(Cl)cc1)NCC(=O)Nc1ccc(F)c(F)c1F. The Morgan fingerprint density at radius 3 is 2.37 bits per heavy atom. The molecular weight excluding hydrogens is 445 g/mol. The Kier molecular flexibility index (Phi) is 9.00. The Morgan fingerprint density at radius 1 is 0.967 bits per heavy atom. The van der Waals surface area contributed by atoms with Gasteiger partial charge < -0.3 is 15.4 Å². The van der Waals surface area contributed by atoms with Crippen molar-refractivity contribution in [3.63, 3.8) is 0 Å². The molecule has 6 nitrogen and oxygen atoms in total. The molecule has 0 spiro atoms. The van der Waals surface area contributed by atoms with Gasteiger partial charge in [0.25, 0.3) is 5.91 Å². The van der Waals surface area contributed by atoms with Crippen molar-refractivity contribution in [2.45, 2.75) is 11.3 Å². The van der Waals surface area contributed by atoms with E-state index in [0.29, 0.717) is 16.8 Å². The molecule has 0 atom stereocenters. The maximum atomic E-state index is 13.5. The summed E-state index contributed by atoms with van der Waals surface area (Å²) in [5.74, 6) is -6.47. The van der Waals surface area contributed by atoms with E-state index in [1.807, 2.05) is 17.4 Å². The molecule has 0 unspecified atom stereocenters. The number of ether oxygens (including phenoxy) is 1. The van der Waals surface area contributed by atoms with Crippen LogP contribution in [0.4, 0.5) is 18.9 Å². The monoisotopic (exact) mass is 460 g/mol. The second-order valence-corrected chi connectivity index (χ2v) is 7.37. The molecule has 0 saturated carbocycles. The molecule has 2 amide bonds. The van der Waals surface area contributed by atoms with E-state index in [2.05, 4.69) is 5.32 Å². The highest BCUT2D eigenvalue weighted by Crippen LogP contribution is 2.21. The Bertz CT molecular complexity index is 929. The minimum atomic E-state index is -1.72. The number of nitrogens with one attached hydrogen (secondary N) is 2. The van der Waals surface area contributed by atoms with Crippen LogP contribution in [-0.4, -0.2) is 36.7 Å². The number of amides is 2. The minimum Gasteiger partial charge on any atom is -0.456 e. The standard InChI is InChI=1S/C19H16ClF3N2O4S/c20-11-1-3-12(4-2-11)30-8-7-17(28)29-10-16(27)24-9-15(26)25-14-6-5-13(21)18(22)19(14)23/h1-6H,7-10H2,(H,24,27)(H,25,26). The van der Waals surface area contributed by atoms with Gasteiger partial charge in [-0.05, 0) is 36.4 Å². The van der Waals surface area contributed by atoms with Crippen molar-refractivity contribution in [2.75, 3.05) is 24.2 Å². The first-order valence-electron chi connectivity index (χ1n) is 8.50. The Morgan fingerprint density at radius 2 is 1.67 bits per heavy atom. The van der Waals surface area contributed by atoms with Crippen molar-refractivity contribution in [1.82, 2.24) is 5.32 Å². The van der Waals surface area contributed by atoms with E-state index in [1.165, 1.54) is 11.8 Å². The molecule has 2 aromatic carbocycles. The van der Waals surface area contributed by atoms with Gasteiger partial charge in [-0.15, -0.1) is 11.8 Å². The summed E-state index contributed by atoms with van der Waals surface area (Å²) < 4.78 is 44.2. The van der Waals surface area contributed by atoms with Crippen LogP contribution in [-0.2, 0) is 19.1 Å². The number of anilines is 1. The predicted octanol–water partition coefficient (Wildman–Crippen LogP) is 3.54. The first kappa shape index (κ1) is 23.6. The van der Waals surface area contributed by atoms with Gasteiger partial charge in [0, 0.05) is 15.7 Å². The number of esters is 1. The van der Waals surface area contributed by atoms with Crippen LogP contribution in [0.3, 0.4) is 0 Å². The van der Waals surface area contributed by atoms with Crippen LogP contribution in [0.15, 0.2) is 41.3 Å². The second-order valence-electron chi connectivity index (χ2n) is 5.76. The third-order valence-electron chi connectivity index (χ3n) is 3.51. The number of thioether (sulfide) groups is 1. The molecule has 0 fully saturated rings. The molecule has 0 aromatic heterocycles. The van der Waals surface area contributed by atoms with E-state index in [0.717, 1.165) is 11.0 Å². The fourth-order valence-electron chi connectivity index (χ4n) is 2.05. The van der Waals surface area contributed by atoms with Crippen LogP contribution in [0, 0.1) is 17.5 Å². The van der Waals surface area contributed by atoms with Gasteiger partial charge in [-0.3, -0.25) is 14.4 Å². The molecule has 0 aliphatic carbocycles. The summed E-state index contributed by atoms with van der Waals surface area (Å²) in [7, 11) is 0. The predicted molar refractivity (Wildman–Crippen MR) is 106 cm³/mol. The van der Waals surface area contributed by atoms with Gasteiger partial charge in [0.05, 0.1) is 18.7 Å². The number of halogens is 4. The van der Waals surface area contributed by atoms with E-state index in [1.54, 1.807) is 12.1 Å². The molecule has 160 valence electrons. The van der Waals surface area contributed by atoms with Crippen LogP contribution in [0.1, 0.15) is 6.42 Å². The van der Waals surface area contributed by atoms with Crippen molar-refractivity contribution in [2.24, 2.45) is 0 Å². The summed E-state index contributed by atoms with van der Waals surface area (Å²) in [4.78, 5) is 35.9. The van der Waals surface area contributed by atoms with Gasteiger partial charge in [-0.25, -0.2) is 13.2 Å². The number of rotatable bonds is 9. The minimum absolute atomic E-state index is 0.0659. The van der Waals surface area contributed by atoms with Gasteiger partial charge in [-0.1, -0.05) is 11.6 Å². The van der Waals surface area contributed by atoms with Crippen molar-refractivity contribution >= 4 is 46.8 Å². The third kappa shape index (κ3) is 7.60. The maximum Gasteiger partial charge on any atom is 0.307 e. The Labute approximate surface area is 179 Å². The summed E-state index contributed by atoms with van der Waals surface area (Å²) in [6.07, 6.45) is 0.0659. The van der Waals surface area contributed by atoms with Crippen LogP contribution >= 0.6 is 23.4 Å². The highest BCUT2D eigenvalue weighted by molar-refractivity contribution is 7.99. The maximum absolute atomic E-state index is 13.5. The average Bonchev–Trinajstić information content (AvgIpc) is 2.72. The number of hydrogen-bond donors (Lipinski definition) is 2. The number of benzene rings is 2. The fourth-order valence-corrected chi connectivity index (χ4v) is 3.01. The van der Waals surface area contributed by atoms with Crippen LogP contribution in [0.2, 0.25) is 5.02 Å². The van der Waals surface area contributed by atoms with E-state index in [-0.39, 0.29) is 6.42 Å². The highest BCUT2D eigenvalue weighted by Gasteiger charge is 2.16. The lowest BCUT2D eigenvalue weighted by atomic mass is 10.2. The quantitative estimate of drug-likeness (QED) is 0.340. The summed E-state index contributed by atoms with van der Waals surface area (Å²) >= 11 is 7.20. The summed E-state index contributed by atoms with van der Waals surface area (Å²) in [6, 6.07) is 8.56. The van der Waals surface area contributed by atoms with Crippen LogP contribution < -0.4 is 10.6 Å². The molecule has 0 heterocycles. The second kappa shape index (κ2) is 11.5. The van der Waals surface area contributed by atoms with E-state index >= 15 is 0 Å². The summed E-state index contributed by atoms with van der Waals surface area (Å²) in [6.45, 7) is -1.18. The smallest absolute Gasteiger partial charge is 0.307 e. The van der Waals surface area contributed by atoms with Gasteiger partial charge in [0.1, 0.15) is 0 Å². The first-order chi connectivity index (χ1) is 14.3. The van der Waals surface area contributed by atoms with Gasteiger partial charge in [0.2, 0.25) is 5.91 Å². The molecule has 0 radical (unpaired) electrons. The fraction of sp³-hybridized carbons (Fsp3) is 0.211. The largest absolute Gasteiger partial charge is 0.456 e.